The van der Waals surface area contributed by atoms with Crippen LogP contribution in [0, 0.1) is 0 Å². The lowest BCUT2D eigenvalue weighted by atomic mass is 9.50. The predicted octanol–water partition coefficient (Wildman–Crippen LogP) is 10.8. The van der Waals surface area contributed by atoms with Gasteiger partial charge < -0.3 is 18.5 Å². The van der Waals surface area contributed by atoms with Crippen LogP contribution in [0.3, 0.4) is 0 Å². The van der Waals surface area contributed by atoms with Gasteiger partial charge in [0.25, 0.3) is 0 Å². The van der Waals surface area contributed by atoms with Crippen molar-refractivity contribution in [2.24, 2.45) is 0 Å². The Morgan fingerprint density at radius 1 is 0.415 bits per heavy atom. The molecule has 0 bridgehead atoms. The van der Waals surface area contributed by atoms with E-state index in [1.165, 1.54) is 0 Å². The minimum atomic E-state index is -2.00. The summed E-state index contributed by atoms with van der Waals surface area (Å²) in [4.78, 5) is 0. The molecule has 0 amide bonds. The summed E-state index contributed by atoms with van der Waals surface area (Å²) in [7, 11) is 0. The van der Waals surface area contributed by atoms with E-state index in [4.69, 9.17) is 35.4 Å². The minimum Gasteiger partial charge on any atom is -0.551 e. The van der Waals surface area contributed by atoms with Crippen molar-refractivity contribution < 1.29 is 49.1 Å². The first-order chi connectivity index (χ1) is 38.4. The van der Waals surface area contributed by atoms with Crippen molar-refractivity contribution in [3.63, 3.8) is 0 Å². The zero-order chi connectivity index (χ0) is 59.9. The third-order valence-electron chi connectivity index (χ3n) is 9.04. The van der Waals surface area contributed by atoms with Crippen LogP contribution in [0.4, 0.5) is 0 Å². The van der Waals surface area contributed by atoms with Gasteiger partial charge >= 0.3 is 6.92 Å². The largest absolute Gasteiger partial charge is 0.551 e. The molecule has 0 spiro atoms. The number of nitrogens with zero attached hydrogens (tertiary/aromatic N) is 2. The molecule has 53 heavy (non-hydrogen) atoms. The van der Waals surface area contributed by atoms with Gasteiger partial charge in [0.2, 0.25) is 0 Å². The molecule has 4 nitrogen and oxygen atoms in total. The Balaban J connectivity index is 1.23. The van der Waals surface area contributed by atoms with Crippen LogP contribution in [0.1, 0.15) is 39.8 Å². The molecule has 2 aliphatic heterocycles. The van der Waals surface area contributed by atoms with Crippen molar-refractivity contribution in [3.8, 4) is 50.9 Å². The number of aromatic nitrogens is 2. The molecular weight excluding hydrogens is 647 g/mol. The smallest absolute Gasteiger partial charge is 0.434 e. The van der Waals surface area contributed by atoms with Gasteiger partial charge in [0.15, 0.2) is 0 Å². The molecule has 0 fully saturated rings. The highest BCUT2D eigenvalue weighted by Crippen LogP contribution is 2.43. The van der Waals surface area contributed by atoms with E-state index >= 15 is 0 Å². The number of fused-ring (bicyclic) bond motifs is 10. The lowest BCUT2D eigenvalue weighted by Crippen LogP contribution is -2.53. The first kappa shape index (κ1) is 12.6. The maximum atomic E-state index is 10.0. The van der Waals surface area contributed by atoms with E-state index in [-0.39, 0.29) is 0 Å². The standard InChI is InChI=1S/C48H29BN2O2/c1-6-19-41-34(14-1)35-15-2-7-20-42(35)50(41)32-13-11-12-30(26-32)31-27-39-38-18-5-10-23-45(38)53-49-40-29-33(24-25-46(40)52-47(28-31)48(39)49)51-43-21-8-3-16-36(43)37-17-4-9-22-44(37)51/h1-29H/i1D,2D,3D,4D,5D,6D,7D,8D,9D,10D,11D,12D,13D,14D,15D,16D,17D,18D,19D,20D,21D,22D,23D,24D,25D,26D,27D,28D,29D. The van der Waals surface area contributed by atoms with Crippen molar-refractivity contribution in [1.82, 2.24) is 9.13 Å². The Morgan fingerprint density at radius 3 is 1.62 bits per heavy atom. The van der Waals surface area contributed by atoms with Gasteiger partial charge in [-0.3, -0.25) is 0 Å². The van der Waals surface area contributed by atoms with Gasteiger partial charge in [-0.05, 0) is 89.2 Å². The molecule has 0 N–H and O–H groups in total. The molecule has 5 heteroatoms. The number of para-hydroxylation sites is 5. The quantitative estimate of drug-likeness (QED) is 0.171. The third-order valence-corrected chi connectivity index (χ3v) is 9.04. The molecule has 8 aromatic carbocycles. The van der Waals surface area contributed by atoms with E-state index < -0.39 is 288 Å². The summed E-state index contributed by atoms with van der Waals surface area (Å²) in [6, 6.07) is -25.6. The van der Waals surface area contributed by atoms with Gasteiger partial charge in [0.1, 0.15) is 17.2 Å². The Kier molecular flexibility index (Phi) is 2.56. The number of benzene rings is 8. The second kappa shape index (κ2) is 10.8. The summed E-state index contributed by atoms with van der Waals surface area (Å²) in [5.41, 5.74) is -7.76. The maximum absolute atomic E-state index is 10.0. The van der Waals surface area contributed by atoms with Gasteiger partial charge in [-0.2, -0.15) is 0 Å². The first-order valence-electron chi connectivity index (χ1n) is 30.3. The van der Waals surface area contributed by atoms with Crippen LogP contribution < -0.4 is 20.3 Å². The predicted molar refractivity (Wildman–Crippen MR) is 218 cm³/mol. The minimum absolute atomic E-state index is 0.448. The molecule has 12 rings (SSSR count). The van der Waals surface area contributed by atoms with Crippen LogP contribution in [-0.2, 0) is 0 Å². The van der Waals surface area contributed by atoms with Crippen molar-refractivity contribution in [2.75, 3.05) is 0 Å². The van der Waals surface area contributed by atoms with E-state index in [1.807, 2.05) is 0 Å². The molecule has 0 radical (unpaired) electrons. The van der Waals surface area contributed by atoms with Crippen LogP contribution in [0.15, 0.2) is 175 Å². The van der Waals surface area contributed by atoms with Crippen LogP contribution in [0.5, 0.6) is 17.2 Å². The number of hydrogen-bond donors (Lipinski definition) is 0. The van der Waals surface area contributed by atoms with Crippen LogP contribution in [0.25, 0.3) is 77.2 Å². The van der Waals surface area contributed by atoms with Gasteiger partial charge in [0.05, 0.1) is 61.8 Å². The van der Waals surface area contributed by atoms with Crippen molar-refractivity contribution in [1.29, 1.82) is 0 Å². The molecule has 4 heterocycles. The van der Waals surface area contributed by atoms with E-state index in [9.17, 15) is 13.7 Å². The molecule has 246 valence electrons. The molecule has 2 aliphatic rings. The van der Waals surface area contributed by atoms with Gasteiger partial charge in [-0.1, -0.05) is 103 Å². The SMILES string of the molecule is [2H]c1c([2H])c([2H])c2c(c1[2H])OB1c3c([2H])c(-n4c5c([2H])c([2H])c([2H])c([2H])c5c5c([2H])c([2H])c([2H])c([2H])c54)c([2H])c([2H])c3Oc3c([2H])c(-c4c([2H])c([2H])c([2H])c(-n5c6c([2H])c([2H])c([2H])c([2H])c6c6c([2H])c([2H])c([2H])c([2H])c65)c4[2H])c([2H])c-2c31. The first-order valence-corrected chi connectivity index (χ1v) is 15.8. The summed E-state index contributed by atoms with van der Waals surface area (Å²) >= 11 is 0. The summed E-state index contributed by atoms with van der Waals surface area (Å²) in [6.07, 6.45) is 0. The van der Waals surface area contributed by atoms with Gasteiger partial charge in [-0.25, -0.2) is 0 Å². The topological polar surface area (TPSA) is 28.3 Å². The second-order valence-electron chi connectivity index (χ2n) is 11.8. The molecule has 0 unspecified atom stereocenters. The van der Waals surface area contributed by atoms with E-state index in [2.05, 4.69) is 0 Å². The Bertz CT molecular complexity index is 4670. The third kappa shape index (κ3) is 4.07. The van der Waals surface area contributed by atoms with Crippen LogP contribution >= 0.6 is 0 Å². The summed E-state index contributed by atoms with van der Waals surface area (Å²) < 4.78 is 277. The van der Waals surface area contributed by atoms with Crippen molar-refractivity contribution >= 4 is 61.5 Å². The van der Waals surface area contributed by atoms with Crippen molar-refractivity contribution in [2.45, 2.75) is 0 Å². The molecule has 0 saturated heterocycles. The van der Waals surface area contributed by atoms with Gasteiger partial charge in [0, 0.05) is 49.4 Å². The van der Waals surface area contributed by atoms with Crippen LogP contribution in [0.2, 0.25) is 0 Å². The van der Waals surface area contributed by atoms with Crippen molar-refractivity contribution in [3.05, 3.63) is 175 Å². The monoisotopic (exact) mass is 705 g/mol. The normalized spacial score (nSPS) is 20.5. The highest BCUT2D eigenvalue weighted by atomic mass is 16.5. The van der Waals surface area contributed by atoms with E-state index in [1.54, 1.807) is 0 Å². The molecule has 2 aromatic heterocycles. The zero-order valence-electron chi connectivity index (χ0n) is 55.3. The fourth-order valence-corrected chi connectivity index (χ4v) is 6.85. The van der Waals surface area contributed by atoms with Crippen LogP contribution in [-0.4, -0.2) is 16.0 Å². The lowest BCUT2D eigenvalue weighted by Gasteiger charge is -2.33. The summed E-state index contributed by atoms with van der Waals surface area (Å²) in [6.45, 7) is -2.00. The summed E-state index contributed by atoms with van der Waals surface area (Å²) in [5.74, 6) is -2.21. The lowest BCUT2D eigenvalue weighted by molar-refractivity contribution is 0.479. The van der Waals surface area contributed by atoms with Gasteiger partial charge in [-0.15, -0.1) is 0 Å². The zero-order valence-corrected chi connectivity index (χ0v) is 26.3. The molecule has 0 saturated carbocycles. The second-order valence-corrected chi connectivity index (χ2v) is 11.8. The average molecular weight is 706 g/mol. The molecule has 0 aliphatic carbocycles. The number of hydrogen-bond acceptors (Lipinski definition) is 2. The fourth-order valence-electron chi connectivity index (χ4n) is 6.85. The summed E-state index contributed by atoms with van der Waals surface area (Å²) in [5, 5.41) is -1.86. The Labute approximate surface area is 346 Å². The Morgan fingerprint density at radius 2 is 0.981 bits per heavy atom. The maximum Gasteiger partial charge on any atom is 0.434 e. The highest BCUT2D eigenvalue weighted by molar-refractivity contribution is 6.84. The number of rotatable bonds is 3. The molecule has 0 atom stereocenters. The molecular formula is C48H29BN2O2. The van der Waals surface area contributed by atoms with E-state index in [0.717, 1.165) is 9.13 Å². The Hall–Kier alpha value is -6.98. The highest BCUT2D eigenvalue weighted by Gasteiger charge is 2.41. The molecule has 10 aromatic rings. The average Bonchev–Trinajstić information content (AvgIpc) is 1.75. The van der Waals surface area contributed by atoms with E-state index in [0.29, 0.717) is 0 Å². The number of ether oxygens (including phenoxy) is 1. The fraction of sp³-hybridized carbons (Fsp3) is 0.